The van der Waals surface area contributed by atoms with Gasteiger partial charge in [0, 0.05) is 5.04 Å². The van der Waals surface area contributed by atoms with Gasteiger partial charge in [0.1, 0.15) is 6.29 Å². The van der Waals surface area contributed by atoms with Crippen molar-refractivity contribution in [2.45, 2.75) is 50.9 Å². The number of carbonyl (C=O) groups excluding carboxylic acids is 1. The lowest BCUT2D eigenvalue weighted by Crippen LogP contribution is -2.39. The largest absolute Gasteiger partial charge is 0.303 e. The molecule has 1 aliphatic carbocycles. The molecule has 1 aliphatic rings. The molecule has 0 heterocycles. The Morgan fingerprint density at radius 3 is 2.17 bits per heavy atom. The second kappa shape index (κ2) is 2.98. The van der Waals surface area contributed by atoms with Crippen LogP contribution in [-0.4, -0.2) is 14.4 Å². The molecule has 2 atom stereocenters. The summed E-state index contributed by atoms with van der Waals surface area (Å²) in [6.45, 7) is 9.23. The summed E-state index contributed by atoms with van der Waals surface area (Å²) >= 11 is 0. The highest BCUT2D eigenvalue weighted by molar-refractivity contribution is 6.81. The average molecular weight is 184 g/mol. The van der Waals surface area contributed by atoms with E-state index in [9.17, 15) is 4.79 Å². The maximum absolute atomic E-state index is 11.2. The van der Waals surface area contributed by atoms with Crippen molar-refractivity contribution in [3.63, 3.8) is 0 Å². The molecule has 70 valence electrons. The topological polar surface area (TPSA) is 17.1 Å². The lowest BCUT2D eigenvalue weighted by Gasteiger charge is -2.35. The molecule has 0 N–H and O–H groups in total. The summed E-state index contributed by atoms with van der Waals surface area (Å²) in [5, 5.41) is 0.104. The van der Waals surface area contributed by atoms with Gasteiger partial charge in [0.2, 0.25) is 0 Å². The minimum absolute atomic E-state index is 0.104. The highest BCUT2D eigenvalue weighted by Crippen LogP contribution is 2.52. The number of hydrogen-bond acceptors (Lipinski definition) is 1. The van der Waals surface area contributed by atoms with Crippen LogP contribution in [0.2, 0.25) is 24.7 Å². The van der Waals surface area contributed by atoms with Crippen LogP contribution in [0, 0.1) is 5.92 Å². The first-order valence-corrected chi connectivity index (χ1v) is 8.38. The molecule has 0 aliphatic heterocycles. The van der Waals surface area contributed by atoms with Crippen molar-refractivity contribution in [2.24, 2.45) is 5.92 Å². The molecule has 1 saturated carbocycles. The van der Waals surface area contributed by atoms with Gasteiger partial charge in [-0.15, -0.1) is 0 Å². The number of aldehydes is 1. The van der Waals surface area contributed by atoms with Crippen LogP contribution in [0.4, 0.5) is 0 Å². The Labute approximate surface area is 76.6 Å². The Morgan fingerprint density at radius 2 is 2.00 bits per heavy atom. The first-order chi connectivity index (χ1) is 5.41. The fraction of sp³-hybridized carbons (Fsp3) is 0.900. The van der Waals surface area contributed by atoms with E-state index >= 15 is 0 Å². The molecule has 2 heteroatoms. The van der Waals surface area contributed by atoms with Gasteiger partial charge in [-0.3, -0.25) is 0 Å². The molecule has 1 rings (SSSR count). The van der Waals surface area contributed by atoms with E-state index < -0.39 is 8.07 Å². The quantitative estimate of drug-likeness (QED) is 0.476. The van der Waals surface area contributed by atoms with Gasteiger partial charge in [0.25, 0.3) is 0 Å². The zero-order chi connectivity index (χ0) is 9.41. The van der Waals surface area contributed by atoms with E-state index in [1.165, 1.54) is 12.7 Å². The van der Waals surface area contributed by atoms with Gasteiger partial charge in [0.15, 0.2) is 0 Å². The summed E-state index contributed by atoms with van der Waals surface area (Å²) < 4.78 is 0. The van der Waals surface area contributed by atoms with E-state index in [1.807, 2.05) is 0 Å². The van der Waals surface area contributed by atoms with E-state index in [2.05, 4.69) is 26.6 Å². The summed E-state index contributed by atoms with van der Waals surface area (Å²) in [5.41, 5.74) is 0. The monoisotopic (exact) mass is 184 g/mol. The van der Waals surface area contributed by atoms with E-state index in [4.69, 9.17) is 0 Å². The summed E-state index contributed by atoms with van der Waals surface area (Å²) in [4.78, 5) is 11.2. The number of rotatable bonds is 2. The standard InChI is InChI=1S/C10H20OSi/c1-9-5-6-10(7-9,8-11)12(2,3)4/h8-9H,5-7H2,1-4H3/t9-,10-/m1/s1. The molecule has 0 saturated heterocycles. The average Bonchev–Trinajstić information content (AvgIpc) is 2.31. The molecule has 1 nitrogen and oxygen atoms in total. The van der Waals surface area contributed by atoms with Gasteiger partial charge < -0.3 is 4.79 Å². The highest BCUT2D eigenvalue weighted by Gasteiger charge is 2.47. The molecule has 0 unspecified atom stereocenters. The molecule has 0 aromatic heterocycles. The van der Waals surface area contributed by atoms with Crippen LogP contribution < -0.4 is 0 Å². The Bertz CT molecular complexity index is 183. The number of hydrogen-bond donors (Lipinski definition) is 0. The lowest BCUT2D eigenvalue weighted by molar-refractivity contribution is -0.110. The molecule has 12 heavy (non-hydrogen) atoms. The zero-order valence-corrected chi connectivity index (χ0v) is 9.68. The predicted octanol–water partition coefficient (Wildman–Crippen LogP) is 3.08. The molecule has 0 aromatic carbocycles. The second-order valence-corrected chi connectivity index (χ2v) is 10.9. The van der Waals surface area contributed by atoms with Crippen LogP contribution >= 0.6 is 0 Å². The van der Waals surface area contributed by atoms with Crippen LogP contribution in [0.5, 0.6) is 0 Å². The third-order valence-corrected chi connectivity index (χ3v) is 7.07. The first kappa shape index (κ1) is 9.97. The van der Waals surface area contributed by atoms with Crippen molar-refractivity contribution in [2.75, 3.05) is 0 Å². The molecule has 0 bridgehead atoms. The van der Waals surface area contributed by atoms with Crippen molar-refractivity contribution >= 4 is 14.4 Å². The maximum Gasteiger partial charge on any atom is 0.123 e. The lowest BCUT2D eigenvalue weighted by atomic mass is 10.1. The zero-order valence-electron chi connectivity index (χ0n) is 8.68. The van der Waals surface area contributed by atoms with E-state index in [0.717, 1.165) is 18.8 Å². The van der Waals surface area contributed by atoms with Crippen LogP contribution in [0.15, 0.2) is 0 Å². The highest BCUT2D eigenvalue weighted by atomic mass is 28.3. The van der Waals surface area contributed by atoms with Crippen LogP contribution in [-0.2, 0) is 4.79 Å². The second-order valence-electron chi connectivity index (χ2n) is 5.37. The van der Waals surface area contributed by atoms with E-state index in [-0.39, 0.29) is 5.04 Å². The van der Waals surface area contributed by atoms with Crippen LogP contribution in [0.1, 0.15) is 26.2 Å². The summed E-state index contributed by atoms with van der Waals surface area (Å²) in [6, 6.07) is 0. The number of carbonyl (C=O) groups is 1. The van der Waals surface area contributed by atoms with Gasteiger partial charge >= 0.3 is 0 Å². The Morgan fingerprint density at radius 1 is 1.42 bits per heavy atom. The van der Waals surface area contributed by atoms with Gasteiger partial charge in [-0.05, 0) is 18.8 Å². The fourth-order valence-corrected chi connectivity index (χ4v) is 4.50. The Kier molecular flexibility index (Phi) is 2.48. The Hall–Kier alpha value is -0.113. The first-order valence-electron chi connectivity index (χ1n) is 4.88. The van der Waals surface area contributed by atoms with Crippen molar-refractivity contribution in [3.05, 3.63) is 0 Å². The normalized spacial score (nSPS) is 36.8. The van der Waals surface area contributed by atoms with Crippen molar-refractivity contribution in [3.8, 4) is 0 Å². The molecule has 0 radical (unpaired) electrons. The predicted molar refractivity (Wildman–Crippen MR) is 55.1 cm³/mol. The molecular formula is C10H20OSi. The summed E-state index contributed by atoms with van der Waals surface area (Å²) in [5.74, 6) is 0.766. The SMILES string of the molecule is C[C@@H]1CC[C@@](C=O)([Si](C)(C)C)C1. The summed E-state index contributed by atoms with van der Waals surface area (Å²) in [7, 11) is -1.28. The summed E-state index contributed by atoms with van der Waals surface area (Å²) in [6.07, 6.45) is 4.81. The van der Waals surface area contributed by atoms with E-state index in [0.29, 0.717) is 0 Å². The fourth-order valence-electron chi connectivity index (χ4n) is 2.29. The van der Waals surface area contributed by atoms with Gasteiger partial charge in [0.05, 0.1) is 8.07 Å². The molecular weight excluding hydrogens is 164 g/mol. The van der Waals surface area contributed by atoms with Crippen molar-refractivity contribution in [1.29, 1.82) is 0 Å². The molecule has 0 aromatic rings. The van der Waals surface area contributed by atoms with Crippen LogP contribution in [0.25, 0.3) is 0 Å². The van der Waals surface area contributed by atoms with Crippen LogP contribution in [0.3, 0.4) is 0 Å². The third kappa shape index (κ3) is 1.49. The molecule has 1 fully saturated rings. The van der Waals surface area contributed by atoms with Crippen molar-refractivity contribution < 1.29 is 4.79 Å². The van der Waals surface area contributed by atoms with E-state index in [1.54, 1.807) is 0 Å². The van der Waals surface area contributed by atoms with Gasteiger partial charge in [-0.25, -0.2) is 0 Å². The minimum atomic E-state index is -1.28. The smallest absolute Gasteiger partial charge is 0.123 e. The minimum Gasteiger partial charge on any atom is -0.303 e. The van der Waals surface area contributed by atoms with Crippen molar-refractivity contribution in [1.82, 2.24) is 0 Å². The Balaban J connectivity index is 2.85. The van der Waals surface area contributed by atoms with Gasteiger partial charge in [-0.1, -0.05) is 33.0 Å². The maximum atomic E-state index is 11.2. The molecule has 0 amide bonds. The molecule has 0 spiro atoms. The third-order valence-electron chi connectivity index (χ3n) is 3.52. The van der Waals surface area contributed by atoms with Gasteiger partial charge in [-0.2, -0.15) is 0 Å².